The maximum absolute atomic E-state index is 14.2. The van der Waals surface area contributed by atoms with Crippen LogP contribution in [0.2, 0.25) is 0 Å². The van der Waals surface area contributed by atoms with Gasteiger partial charge in [0.25, 0.3) is 10.0 Å². The third-order valence-electron chi connectivity index (χ3n) is 6.83. The zero-order chi connectivity index (χ0) is 31.0. The summed E-state index contributed by atoms with van der Waals surface area (Å²) in [6, 6.07) is 17.9. The molecule has 42 heavy (non-hydrogen) atoms. The highest BCUT2D eigenvalue weighted by Crippen LogP contribution is 2.36. The van der Waals surface area contributed by atoms with Gasteiger partial charge in [0.1, 0.15) is 24.1 Å². The van der Waals surface area contributed by atoms with Crippen molar-refractivity contribution in [2.24, 2.45) is 0 Å². The summed E-state index contributed by atoms with van der Waals surface area (Å²) in [5, 5.41) is 2.90. The minimum Gasteiger partial charge on any atom is -0.497 e. The van der Waals surface area contributed by atoms with Crippen molar-refractivity contribution < 1.29 is 27.5 Å². The Morgan fingerprint density at radius 3 is 2.00 bits per heavy atom. The number of benzene rings is 3. The summed E-state index contributed by atoms with van der Waals surface area (Å²) in [7, 11) is -1.36. The predicted octanol–water partition coefficient (Wildman–Crippen LogP) is 4.85. The number of hydrogen-bond acceptors (Lipinski definition) is 6. The summed E-state index contributed by atoms with van der Waals surface area (Å²) < 4.78 is 40.3. The second-order valence-corrected chi connectivity index (χ2v) is 12.3. The molecule has 0 saturated heterocycles. The molecule has 9 nitrogen and oxygen atoms in total. The van der Waals surface area contributed by atoms with Crippen LogP contribution in [0.4, 0.5) is 5.69 Å². The van der Waals surface area contributed by atoms with Crippen molar-refractivity contribution in [3.8, 4) is 11.5 Å². The van der Waals surface area contributed by atoms with Gasteiger partial charge < -0.3 is 19.7 Å². The van der Waals surface area contributed by atoms with Crippen molar-refractivity contribution in [2.45, 2.75) is 64.6 Å². The van der Waals surface area contributed by atoms with Gasteiger partial charge in [0, 0.05) is 18.7 Å². The van der Waals surface area contributed by atoms with Crippen LogP contribution in [0.5, 0.6) is 11.5 Å². The average molecular weight is 596 g/mol. The minimum atomic E-state index is -4.26. The fourth-order valence-electron chi connectivity index (χ4n) is 4.53. The number of sulfonamides is 1. The first-order valence-corrected chi connectivity index (χ1v) is 15.3. The van der Waals surface area contributed by atoms with Gasteiger partial charge in [-0.3, -0.25) is 13.9 Å². The Kier molecular flexibility index (Phi) is 11.0. The quantitative estimate of drug-likeness (QED) is 0.303. The smallest absolute Gasteiger partial charge is 0.264 e. The number of rotatable bonds is 13. The van der Waals surface area contributed by atoms with Gasteiger partial charge in [0.15, 0.2) is 0 Å². The van der Waals surface area contributed by atoms with Crippen molar-refractivity contribution in [1.29, 1.82) is 0 Å². The van der Waals surface area contributed by atoms with Crippen LogP contribution in [0.1, 0.15) is 43.9 Å². The fraction of sp³-hybridized carbons (Fsp3) is 0.375. The Balaban J connectivity index is 2.15. The van der Waals surface area contributed by atoms with E-state index < -0.39 is 28.5 Å². The zero-order valence-corrected chi connectivity index (χ0v) is 26.2. The van der Waals surface area contributed by atoms with E-state index in [1.807, 2.05) is 58.9 Å². The molecule has 0 fully saturated rings. The maximum Gasteiger partial charge on any atom is 0.264 e. The molecule has 0 aliphatic carbocycles. The number of ether oxygens (including phenoxy) is 2. The van der Waals surface area contributed by atoms with Gasteiger partial charge in [-0.15, -0.1) is 0 Å². The molecular weight excluding hydrogens is 554 g/mol. The van der Waals surface area contributed by atoms with Gasteiger partial charge in [0.2, 0.25) is 11.8 Å². The lowest BCUT2D eigenvalue weighted by molar-refractivity contribution is -0.140. The molecule has 0 bridgehead atoms. The van der Waals surface area contributed by atoms with Crippen LogP contribution >= 0.6 is 0 Å². The fourth-order valence-corrected chi connectivity index (χ4v) is 5.95. The largest absolute Gasteiger partial charge is 0.497 e. The van der Waals surface area contributed by atoms with Crippen LogP contribution in [0, 0.1) is 13.8 Å². The maximum atomic E-state index is 14.2. The third kappa shape index (κ3) is 7.82. The zero-order valence-electron chi connectivity index (χ0n) is 25.4. The van der Waals surface area contributed by atoms with Gasteiger partial charge >= 0.3 is 0 Å². The summed E-state index contributed by atoms with van der Waals surface area (Å²) in [5.41, 5.74) is 2.90. The molecule has 0 heterocycles. The topological polar surface area (TPSA) is 105 Å². The summed E-state index contributed by atoms with van der Waals surface area (Å²) in [6.45, 7) is 8.90. The molecule has 10 heteroatoms. The number of hydrogen-bond donors (Lipinski definition) is 1. The Hall–Kier alpha value is -4.05. The van der Waals surface area contributed by atoms with E-state index >= 15 is 0 Å². The molecule has 1 atom stereocenters. The van der Waals surface area contributed by atoms with Crippen LogP contribution in [0.15, 0.2) is 71.6 Å². The van der Waals surface area contributed by atoms with E-state index in [4.69, 9.17) is 9.47 Å². The van der Waals surface area contributed by atoms with Crippen LogP contribution in [0.25, 0.3) is 0 Å². The minimum absolute atomic E-state index is 0.0143. The summed E-state index contributed by atoms with van der Waals surface area (Å²) in [6.07, 6.45) is 0.337. The number of aryl methyl sites for hydroxylation is 2. The van der Waals surface area contributed by atoms with Gasteiger partial charge in [0.05, 0.1) is 24.8 Å². The highest BCUT2D eigenvalue weighted by molar-refractivity contribution is 7.92. The van der Waals surface area contributed by atoms with Crippen molar-refractivity contribution in [1.82, 2.24) is 10.2 Å². The van der Waals surface area contributed by atoms with Gasteiger partial charge in [-0.2, -0.15) is 0 Å². The van der Waals surface area contributed by atoms with E-state index in [9.17, 15) is 18.0 Å². The molecule has 0 aliphatic rings. The van der Waals surface area contributed by atoms with Crippen molar-refractivity contribution in [3.05, 3.63) is 83.4 Å². The monoisotopic (exact) mass is 595 g/mol. The lowest BCUT2D eigenvalue weighted by atomic mass is 10.1. The SMILES string of the molecule is CC[C@@H](C(=O)NC(C)C)N(Cc1ccc(C)cc1)C(=O)CN(c1cc(OC)ccc1OC)S(=O)(=O)c1ccc(C)cc1. The standard InChI is InChI=1S/C32H41N3O6S/c1-8-28(32(37)33-22(2)3)34(20-25-13-9-23(4)10-14-25)31(36)21-35(29-19-26(40-6)15-18-30(29)41-7)42(38,39)27-16-11-24(5)12-17-27/h9-19,22,28H,8,20-21H2,1-7H3,(H,33,37)/t28-/m0/s1. The number of nitrogens with one attached hydrogen (secondary N) is 1. The number of methoxy groups -OCH3 is 2. The van der Waals surface area contributed by atoms with Gasteiger partial charge in [-0.25, -0.2) is 8.42 Å². The van der Waals surface area contributed by atoms with E-state index in [0.29, 0.717) is 12.2 Å². The van der Waals surface area contributed by atoms with E-state index in [2.05, 4.69) is 5.32 Å². The molecule has 3 rings (SSSR count). The first kappa shape index (κ1) is 32.5. The van der Waals surface area contributed by atoms with Crippen LogP contribution in [-0.2, 0) is 26.2 Å². The van der Waals surface area contributed by atoms with Crippen LogP contribution < -0.4 is 19.1 Å². The Bertz CT molecular complexity index is 1470. The molecule has 0 aliphatic heterocycles. The van der Waals surface area contributed by atoms with E-state index in [1.54, 1.807) is 24.3 Å². The van der Waals surface area contributed by atoms with E-state index in [-0.39, 0.29) is 34.8 Å². The van der Waals surface area contributed by atoms with Gasteiger partial charge in [-0.1, -0.05) is 54.4 Å². The second-order valence-electron chi connectivity index (χ2n) is 10.5. The summed E-state index contributed by atoms with van der Waals surface area (Å²) in [4.78, 5) is 29.0. The summed E-state index contributed by atoms with van der Waals surface area (Å²) in [5.74, 6) is -0.211. The summed E-state index contributed by atoms with van der Waals surface area (Å²) >= 11 is 0. The second kappa shape index (κ2) is 14.2. The lowest BCUT2D eigenvalue weighted by Gasteiger charge is -2.34. The van der Waals surface area contributed by atoms with Crippen molar-refractivity contribution in [3.63, 3.8) is 0 Å². The van der Waals surface area contributed by atoms with E-state index in [1.165, 1.54) is 37.3 Å². The molecule has 0 radical (unpaired) electrons. The normalized spacial score (nSPS) is 12.0. The highest BCUT2D eigenvalue weighted by Gasteiger charge is 2.35. The molecule has 2 amide bonds. The van der Waals surface area contributed by atoms with Crippen molar-refractivity contribution in [2.75, 3.05) is 25.1 Å². The molecule has 0 saturated carbocycles. The molecule has 0 spiro atoms. The molecular formula is C32H41N3O6S. The first-order valence-electron chi connectivity index (χ1n) is 13.9. The highest BCUT2D eigenvalue weighted by atomic mass is 32.2. The molecule has 0 aromatic heterocycles. The number of anilines is 1. The molecule has 0 unspecified atom stereocenters. The Labute approximate surface area is 249 Å². The van der Waals surface area contributed by atoms with E-state index in [0.717, 1.165) is 21.0 Å². The lowest BCUT2D eigenvalue weighted by Crippen LogP contribution is -2.53. The molecule has 1 N–H and O–H groups in total. The number of nitrogens with zero attached hydrogens (tertiary/aromatic N) is 2. The van der Waals surface area contributed by atoms with Gasteiger partial charge in [-0.05, 0) is 63.9 Å². The Morgan fingerprint density at radius 1 is 0.881 bits per heavy atom. The predicted molar refractivity (Wildman–Crippen MR) is 164 cm³/mol. The molecule has 3 aromatic rings. The molecule has 3 aromatic carbocycles. The average Bonchev–Trinajstić information content (AvgIpc) is 2.96. The number of carbonyl (C=O) groups is 2. The van der Waals surface area contributed by atoms with Crippen molar-refractivity contribution >= 4 is 27.5 Å². The van der Waals surface area contributed by atoms with Crippen LogP contribution in [0.3, 0.4) is 0 Å². The number of carbonyl (C=O) groups excluding carboxylic acids is 2. The third-order valence-corrected chi connectivity index (χ3v) is 8.61. The Morgan fingerprint density at radius 2 is 1.48 bits per heavy atom. The van der Waals surface area contributed by atoms with Crippen LogP contribution in [-0.4, -0.2) is 58.0 Å². The first-order chi connectivity index (χ1) is 19.9. The number of amides is 2. The molecule has 226 valence electrons.